The number of fused-ring (bicyclic) bond motifs is 3. The number of hydrogen-bond donors (Lipinski definition) is 0. The Bertz CT molecular complexity index is 802. The van der Waals surface area contributed by atoms with E-state index < -0.39 is 0 Å². The van der Waals surface area contributed by atoms with Crippen LogP contribution in [0.25, 0.3) is 11.3 Å². The lowest BCUT2D eigenvalue weighted by molar-refractivity contribution is -0.722. The third-order valence-corrected chi connectivity index (χ3v) is 4.63. The number of ether oxygens (including phenoxy) is 1. The fourth-order valence-corrected chi connectivity index (χ4v) is 3.41. The molecule has 0 spiro atoms. The quantitative estimate of drug-likeness (QED) is 0.717. The summed E-state index contributed by atoms with van der Waals surface area (Å²) in [6.45, 7) is 4.88. The first-order chi connectivity index (χ1) is 10.7. The van der Waals surface area contributed by atoms with Crippen LogP contribution >= 0.6 is 0 Å². The van der Waals surface area contributed by atoms with Crippen LogP contribution in [0.5, 0.6) is 5.75 Å². The van der Waals surface area contributed by atoms with Crippen LogP contribution in [0, 0.1) is 13.8 Å². The molecule has 0 saturated carbocycles. The molecule has 0 bridgehead atoms. The monoisotopic (exact) mass is 290 g/mol. The zero-order valence-electron chi connectivity index (χ0n) is 13.0. The van der Waals surface area contributed by atoms with Crippen molar-refractivity contribution >= 4 is 0 Å². The van der Waals surface area contributed by atoms with Gasteiger partial charge in [0.1, 0.15) is 5.75 Å². The fraction of sp³-hybridized carbons (Fsp3) is 0.250. The van der Waals surface area contributed by atoms with Gasteiger partial charge in [0.05, 0.1) is 5.56 Å². The Morgan fingerprint density at radius 3 is 2.86 bits per heavy atom. The second-order valence-electron chi connectivity index (χ2n) is 6.12. The molecule has 1 aromatic carbocycles. The molecule has 1 unspecified atom stereocenters. The zero-order valence-corrected chi connectivity index (χ0v) is 13.0. The lowest BCUT2D eigenvalue weighted by Crippen LogP contribution is -2.44. The summed E-state index contributed by atoms with van der Waals surface area (Å²) in [5.41, 5.74) is 6.29. The highest BCUT2D eigenvalue weighted by Crippen LogP contribution is 2.38. The summed E-state index contributed by atoms with van der Waals surface area (Å²) in [7, 11) is 0. The summed E-state index contributed by atoms with van der Waals surface area (Å²) in [4.78, 5) is 0. The molecular formula is C20H20NO+. The van der Waals surface area contributed by atoms with Crippen molar-refractivity contribution in [3.8, 4) is 17.0 Å². The Labute approximate surface area is 131 Å². The van der Waals surface area contributed by atoms with Crippen molar-refractivity contribution in [2.24, 2.45) is 0 Å². The van der Waals surface area contributed by atoms with Crippen molar-refractivity contribution in [1.29, 1.82) is 0 Å². The summed E-state index contributed by atoms with van der Waals surface area (Å²) < 4.78 is 8.27. The van der Waals surface area contributed by atoms with Crippen molar-refractivity contribution in [3.05, 3.63) is 71.5 Å². The van der Waals surface area contributed by atoms with E-state index in [-0.39, 0.29) is 0 Å². The maximum absolute atomic E-state index is 6.03. The van der Waals surface area contributed by atoms with Crippen LogP contribution in [0.4, 0.5) is 0 Å². The van der Waals surface area contributed by atoms with E-state index in [1.807, 2.05) is 0 Å². The van der Waals surface area contributed by atoms with E-state index >= 15 is 0 Å². The SMILES string of the molecule is Cc1cc(C2C=CC=CC2)cc2c1OC[n+]1c(C)cccc1-2. The Morgan fingerprint density at radius 1 is 1.14 bits per heavy atom. The number of rotatable bonds is 1. The van der Waals surface area contributed by atoms with Gasteiger partial charge in [-0.3, -0.25) is 0 Å². The van der Waals surface area contributed by atoms with Crippen LogP contribution in [0.3, 0.4) is 0 Å². The lowest BCUT2D eigenvalue weighted by atomic mass is 9.89. The number of aromatic nitrogens is 1. The van der Waals surface area contributed by atoms with Gasteiger partial charge in [-0.15, -0.1) is 0 Å². The molecule has 0 fully saturated rings. The summed E-state index contributed by atoms with van der Waals surface area (Å²) in [5, 5.41) is 0. The van der Waals surface area contributed by atoms with E-state index in [1.54, 1.807) is 0 Å². The molecule has 1 aliphatic carbocycles. The molecule has 1 aliphatic heterocycles. The van der Waals surface area contributed by atoms with E-state index in [1.165, 1.54) is 28.1 Å². The maximum Gasteiger partial charge on any atom is 0.292 e. The summed E-state index contributed by atoms with van der Waals surface area (Å²) in [6.07, 6.45) is 9.87. The highest BCUT2D eigenvalue weighted by Gasteiger charge is 2.27. The van der Waals surface area contributed by atoms with Gasteiger partial charge >= 0.3 is 0 Å². The van der Waals surface area contributed by atoms with Crippen LogP contribution in [-0.2, 0) is 6.73 Å². The Balaban J connectivity index is 1.88. The van der Waals surface area contributed by atoms with Gasteiger partial charge in [-0.05, 0) is 36.6 Å². The minimum absolute atomic E-state index is 0.467. The smallest absolute Gasteiger partial charge is 0.292 e. The average Bonchev–Trinajstić information content (AvgIpc) is 2.56. The van der Waals surface area contributed by atoms with Crippen LogP contribution < -0.4 is 9.30 Å². The summed E-state index contributed by atoms with van der Waals surface area (Å²) in [5.74, 6) is 1.50. The second kappa shape index (κ2) is 5.13. The van der Waals surface area contributed by atoms with E-state index in [9.17, 15) is 0 Å². The maximum atomic E-state index is 6.03. The van der Waals surface area contributed by atoms with E-state index in [4.69, 9.17) is 4.74 Å². The van der Waals surface area contributed by atoms with Crippen LogP contribution in [0.2, 0.25) is 0 Å². The van der Waals surface area contributed by atoms with Crippen molar-refractivity contribution in [2.45, 2.75) is 32.9 Å². The standard InChI is InChI=1S/C20H20NO/c1-14-11-17(16-8-4-3-5-9-16)12-18-19-10-6-7-15(2)21(19)13-22-20(14)18/h3-8,10-12,16H,9,13H2,1-2H3/q+1. The summed E-state index contributed by atoms with van der Waals surface area (Å²) >= 11 is 0. The van der Waals surface area contributed by atoms with Gasteiger partial charge in [0.2, 0.25) is 5.69 Å². The van der Waals surface area contributed by atoms with Gasteiger partial charge in [-0.1, -0.05) is 30.4 Å². The van der Waals surface area contributed by atoms with Crippen molar-refractivity contribution in [2.75, 3.05) is 0 Å². The van der Waals surface area contributed by atoms with Crippen molar-refractivity contribution in [1.82, 2.24) is 0 Å². The number of pyridine rings is 1. The molecule has 0 amide bonds. The predicted molar refractivity (Wildman–Crippen MR) is 87.8 cm³/mol. The lowest BCUT2D eigenvalue weighted by Gasteiger charge is -2.22. The first-order valence-electron chi connectivity index (χ1n) is 7.84. The topological polar surface area (TPSA) is 13.1 Å². The highest BCUT2D eigenvalue weighted by atomic mass is 16.5. The van der Waals surface area contributed by atoms with Gasteiger partial charge in [0, 0.05) is 25.0 Å². The number of benzene rings is 1. The molecule has 0 saturated heterocycles. The molecule has 0 radical (unpaired) electrons. The molecule has 2 aromatic rings. The highest BCUT2D eigenvalue weighted by molar-refractivity contribution is 5.69. The molecule has 0 N–H and O–H groups in total. The largest absolute Gasteiger partial charge is 0.435 e. The van der Waals surface area contributed by atoms with Gasteiger partial charge in [0.25, 0.3) is 6.73 Å². The van der Waals surface area contributed by atoms with E-state index in [0.717, 1.165) is 12.2 Å². The predicted octanol–water partition coefficient (Wildman–Crippen LogP) is 4.21. The van der Waals surface area contributed by atoms with Crippen LogP contribution in [0.15, 0.2) is 54.6 Å². The minimum Gasteiger partial charge on any atom is -0.435 e. The molecule has 1 atom stereocenters. The first kappa shape index (κ1) is 13.3. The third-order valence-electron chi connectivity index (χ3n) is 4.63. The molecule has 4 rings (SSSR count). The van der Waals surface area contributed by atoms with Gasteiger partial charge < -0.3 is 4.74 Å². The first-order valence-corrected chi connectivity index (χ1v) is 7.84. The van der Waals surface area contributed by atoms with Crippen LogP contribution in [0.1, 0.15) is 29.2 Å². The van der Waals surface area contributed by atoms with E-state index in [2.05, 4.69) is 73.1 Å². The molecular weight excluding hydrogens is 270 g/mol. The normalized spacial score (nSPS) is 18.5. The third kappa shape index (κ3) is 2.07. The Morgan fingerprint density at radius 2 is 2.05 bits per heavy atom. The second-order valence-corrected chi connectivity index (χ2v) is 6.12. The van der Waals surface area contributed by atoms with Crippen molar-refractivity contribution < 1.29 is 9.30 Å². The van der Waals surface area contributed by atoms with Crippen molar-refractivity contribution in [3.63, 3.8) is 0 Å². The molecule has 22 heavy (non-hydrogen) atoms. The molecule has 110 valence electrons. The molecule has 2 nitrogen and oxygen atoms in total. The van der Waals surface area contributed by atoms with Gasteiger partial charge in [0.15, 0.2) is 5.69 Å². The molecule has 2 heteroatoms. The number of nitrogens with zero attached hydrogens (tertiary/aromatic N) is 1. The molecule has 1 aromatic heterocycles. The Kier molecular flexibility index (Phi) is 3.11. The van der Waals surface area contributed by atoms with Gasteiger partial charge in [-0.2, -0.15) is 4.57 Å². The molecule has 2 heterocycles. The zero-order chi connectivity index (χ0) is 15.1. The summed E-state index contributed by atoms with van der Waals surface area (Å²) in [6, 6.07) is 11.0. The fourth-order valence-electron chi connectivity index (χ4n) is 3.41. The Hall–Kier alpha value is -2.35. The average molecular weight is 290 g/mol. The number of allylic oxidation sites excluding steroid dienone is 4. The van der Waals surface area contributed by atoms with Crippen LogP contribution in [-0.4, -0.2) is 0 Å². The van der Waals surface area contributed by atoms with E-state index in [0.29, 0.717) is 12.6 Å². The number of aryl methyl sites for hydroxylation is 2. The van der Waals surface area contributed by atoms with Gasteiger partial charge in [-0.25, -0.2) is 0 Å². The molecule has 2 aliphatic rings. The minimum atomic E-state index is 0.467. The number of hydrogen-bond acceptors (Lipinski definition) is 1.